The summed E-state index contributed by atoms with van der Waals surface area (Å²) in [5.74, 6) is 0. The number of fused-ring (bicyclic) bond motifs is 1. The average Bonchev–Trinajstić information content (AvgIpc) is 2.81. The second-order valence-corrected chi connectivity index (χ2v) is 4.90. The zero-order valence-electron chi connectivity index (χ0n) is 10.2. The molecule has 0 saturated heterocycles. The van der Waals surface area contributed by atoms with Gasteiger partial charge in [0.2, 0.25) is 0 Å². The molecule has 2 aromatic carbocycles. The van der Waals surface area contributed by atoms with Gasteiger partial charge in [0.15, 0.2) is 0 Å². The molecule has 0 bridgehead atoms. The molecule has 3 heteroatoms. The molecule has 0 N–H and O–H groups in total. The van der Waals surface area contributed by atoms with E-state index in [1.165, 1.54) is 0 Å². The highest BCUT2D eigenvalue weighted by atomic mass is 35.5. The number of aromatic nitrogens is 1. The van der Waals surface area contributed by atoms with Crippen LogP contribution in [0.3, 0.4) is 0 Å². The fourth-order valence-electron chi connectivity index (χ4n) is 2.24. The van der Waals surface area contributed by atoms with E-state index in [1.807, 2.05) is 48.7 Å². The Kier molecular flexibility index (Phi) is 2.98. The third-order valence-electron chi connectivity index (χ3n) is 3.14. The van der Waals surface area contributed by atoms with Gasteiger partial charge in [-0.2, -0.15) is 5.26 Å². The maximum absolute atomic E-state index is 8.92. The molecular weight excluding hydrogens is 256 g/mol. The maximum atomic E-state index is 8.92. The standard InChI is InChI=1S/C16H11ClN2/c17-15-4-5-16-14(9-15)6-7-19(16)11-13-3-1-2-12(8-13)10-18/h1-9H,11H2. The predicted molar refractivity (Wildman–Crippen MR) is 77.2 cm³/mol. The Labute approximate surface area is 116 Å². The van der Waals surface area contributed by atoms with Gasteiger partial charge in [0.1, 0.15) is 0 Å². The van der Waals surface area contributed by atoms with Crippen LogP contribution in [0.25, 0.3) is 10.9 Å². The second-order valence-electron chi connectivity index (χ2n) is 4.46. The molecule has 3 aromatic rings. The summed E-state index contributed by atoms with van der Waals surface area (Å²) in [7, 11) is 0. The summed E-state index contributed by atoms with van der Waals surface area (Å²) in [5.41, 5.74) is 2.95. The summed E-state index contributed by atoms with van der Waals surface area (Å²) in [6.45, 7) is 0.751. The molecule has 0 aliphatic carbocycles. The molecule has 0 fully saturated rings. The van der Waals surface area contributed by atoms with Gasteiger partial charge in [-0.05, 0) is 42.0 Å². The van der Waals surface area contributed by atoms with Gasteiger partial charge in [-0.3, -0.25) is 0 Å². The van der Waals surface area contributed by atoms with E-state index in [4.69, 9.17) is 16.9 Å². The van der Waals surface area contributed by atoms with Crippen LogP contribution in [0.1, 0.15) is 11.1 Å². The highest BCUT2D eigenvalue weighted by Crippen LogP contribution is 2.21. The number of nitrogens with zero attached hydrogens (tertiary/aromatic N) is 2. The largest absolute Gasteiger partial charge is 0.343 e. The fraction of sp³-hybridized carbons (Fsp3) is 0.0625. The summed E-state index contributed by atoms with van der Waals surface area (Å²) in [5, 5.41) is 10.8. The smallest absolute Gasteiger partial charge is 0.0991 e. The van der Waals surface area contributed by atoms with Crippen molar-refractivity contribution in [1.82, 2.24) is 4.57 Å². The van der Waals surface area contributed by atoms with Gasteiger partial charge in [-0.25, -0.2) is 0 Å². The molecule has 0 radical (unpaired) electrons. The number of rotatable bonds is 2. The third-order valence-corrected chi connectivity index (χ3v) is 3.38. The molecule has 92 valence electrons. The van der Waals surface area contributed by atoms with Gasteiger partial charge in [0, 0.05) is 28.7 Å². The van der Waals surface area contributed by atoms with Crippen molar-refractivity contribution < 1.29 is 0 Å². The van der Waals surface area contributed by atoms with Crippen molar-refractivity contribution >= 4 is 22.5 Å². The molecule has 2 nitrogen and oxygen atoms in total. The SMILES string of the molecule is N#Cc1cccc(Cn2ccc3cc(Cl)ccc32)c1. The lowest BCUT2D eigenvalue weighted by molar-refractivity contribution is 0.836. The van der Waals surface area contributed by atoms with Crippen LogP contribution < -0.4 is 0 Å². The first kappa shape index (κ1) is 11.8. The highest BCUT2D eigenvalue weighted by Gasteiger charge is 2.03. The van der Waals surface area contributed by atoms with Gasteiger partial charge in [0.05, 0.1) is 11.6 Å². The molecule has 1 aromatic heterocycles. The molecule has 0 spiro atoms. The number of hydrogen-bond acceptors (Lipinski definition) is 1. The van der Waals surface area contributed by atoms with E-state index in [9.17, 15) is 0 Å². The Morgan fingerprint density at radius 2 is 2.00 bits per heavy atom. The molecule has 0 unspecified atom stereocenters. The first-order valence-corrected chi connectivity index (χ1v) is 6.37. The first-order valence-electron chi connectivity index (χ1n) is 6.00. The molecule has 0 atom stereocenters. The minimum Gasteiger partial charge on any atom is -0.343 e. The van der Waals surface area contributed by atoms with Crippen LogP contribution in [0.15, 0.2) is 54.7 Å². The van der Waals surface area contributed by atoms with Crippen LogP contribution in [0, 0.1) is 11.3 Å². The van der Waals surface area contributed by atoms with Crippen LogP contribution in [0.2, 0.25) is 5.02 Å². The zero-order valence-corrected chi connectivity index (χ0v) is 10.9. The molecule has 0 aliphatic rings. The van der Waals surface area contributed by atoms with E-state index in [0.29, 0.717) is 5.56 Å². The lowest BCUT2D eigenvalue weighted by Gasteiger charge is -2.06. The van der Waals surface area contributed by atoms with Crippen molar-refractivity contribution in [1.29, 1.82) is 5.26 Å². The Hall–Kier alpha value is -2.24. The van der Waals surface area contributed by atoms with E-state index in [1.54, 1.807) is 0 Å². The zero-order chi connectivity index (χ0) is 13.2. The minimum atomic E-state index is 0.692. The van der Waals surface area contributed by atoms with Gasteiger partial charge in [-0.1, -0.05) is 23.7 Å². The Morgan fingerprint density at radius 3 is 2.84 bits per heavy atom. The van der Waals surface area contributed by atoms with Crippen molar-refractivity contribution in [2.45, 2.75) is 6.54 Å². The van der Waals surface area contributed by atoms with E-state index in [0.717, 1.165) is 28.0 Å². The van der Waals surface area contributed by atoms with Crippen LogP contribution in [-0.4, -0.2) is 4.57 Å². The van der Waals surface area contributed by atoms with Crippen molar-refractivity contribution in [2.75, 3.05) is 0 Å². The van der Waals surface area contributed by atoms with Crippen LogP contribution in [0.4, 0.5) is 0 Å². The van der Waals surface area contributed by atoms with E-state index in [-0.39, 0.29) is 0 Å². The molecule has 0 aliphatic heterocycles. The summed E-state index contributed by atoms with van der Waals surface area (Å²) in [6.07, 6.45) is 2.04. The van der Waals surface area contributed by atoms with E-state index < -0.39 is 0 Å². The quantitative estimate of drug-likeness (QED) is 0.683. The molecule has 0 saturated carbocycles. The molecular formula is C16H11ClN2. The molecule has 0 amide bonds. The lowest BCUT2D eigenvalue weighted by Crippen LogP contribution is -1.97. The second kappa shape index (κ2) is 4.79. The third kappa shape index (κ3) is 2.33. The van der Waals surface area contributed by atoms with Crippen molar-refractivity contribution in [3.63, 3.8) is 0 Å². The van der Waals surface area contributed by atoms with E-state index in [2.05, 4.69) is 16.7 Å². The Morgan fingerprint density at radius 1 is 1.11 bits per heavy atom. The van der Waals surface area contributed by atoms with E-state index >= 15 is 0 Å². The normalized spacial score (nSPS) is 10.5. The minimum absolute atomic E-state index is 0.692. The Balaban J connectivity index is 1.99. The number of halogens is 1. The fourth-order valence-corrected chi connectivity index (χ4v) is 2.43. The van der Waals surface area contributed by atoms with Crippen molar-refractivity contribution in [3.05, 3.63) is 70.9 Å². The Bertz CT molecular complexity index is 781. The van der Waals surface area contributed by atoms with Gasteiger partial charge in [0.25, 0.3) is 0 Å². The van der Waals surface area contributed by atoms with Crippen LogP contribution in [0.5, 0.6) is 0 Å². The summed E-state index contributed by atoms with van der Waals surface area (Å²) in [4.78, 5) is 0. The van der Waals surface area contributed by atoms with Gasteiger partial charge in [-0.15, -0.1) is 0 Å². The first-order chi connectivity index (χ1) is 9.26. The molecule has 3 rings (SSSR count). The average molecular weight is 267 g/mol. The van der Waals surface area contributed by atoms with Crippen molar-refractivity contribution in [2.24, 2.45) is 0 Å². The topological polar surface area (TPSA) is 28.7 Å². The summed E-state index contributed by atoms with van der Waals surface area (Å²) >= 11 is 5.98. The van der Waals surface area contributed by atoms with Crippen molar-refractivity contribution in [3.8, 4) is 6.07 Å². The monoisotopic (exact) mass is 266 g/mol. The number of nitriles is 1. The van der Waals surface area contributed by atoms with Crippen LogP contribution in [-0.2, 0) is 6.54 Å². The highest BCUT2D eigenvalue weighted by molar-refractivity contribution is 6.31. The molecule has 19 heavy (non-hydrogen) atoms. The predicted octanol–water partition coefficient (Wildman–Crippen LogP) is 4.21. The van der Waals surface area contributed by atoms with Crippen LogP contribution >= 0.6 is 11.6 Å². The number of benzene rings is 2. The number of hydrogen-bond donors (Lipinski definition) is 0. The maximum Gasteiger partial charge on any atom is 0.0991 e. The van der Waals surface area contributed by atoms with Gasteiger partial charge >= 0.3 is 0 Å². The van der Waals surface area contributed by atoms with Gasteiger partial charge < -0.3 is 4.57 Å². The summed E-state index contributed by atoms with van der Waals surface area (Å²) < 4.78 is 2.15. The lowest BCUT2D eigenvalue weighted by atomic mass is 10.1. The summed E-state index contributed by atoms with van der Waals surface area (Å²) in [6, 6.07) is 17.8. The molecule has 1 heterocycles.